The zero-order valence-corrected chi connectivity index (χ0v) is 13.3. The van der Waals surface area contributed by atoms with Gasteiger partial charge in [-0.05, 0) is 36.6 Å². The second-order valence-electron chi connectivity index (χ2n) is 4.33. The van der Waals surface area contributed by atoms with Crippen molar-refractivity contribution in [3.05, 3.63) is 61.7 Å². The molecule has 1 aromatic carbocycles. The van der Waals surface area contributed by atoms with Gasteiger partial charge < -0.3 is 0 Å². The highest BCUT2D eigenvalue weighted by atomic mass is 79.9. The molecule has 21 heavy (non-hydrogen) atoms. The third-order valence-electron chi connectivity index (χ3n) is 2.91. The van der Waals surface area contributed by atoms with E-state index in [2.05, 4.69) is 26.0 Å². The minimum absolute atomic E-state index is 0.257. The van der Waals surface area contributed by atoms with Crippen molar-refractivity contribution < 1.29 is 4.39 Å². The molecular weight excluding hydrogens is 357 g/mol. The van der Waals surface area contributed by atoms with Crippen LogP contribution in [-0.4, -0.2) is 15.9 Å². The highest BCUT2D eigenvalue weighted by Crippen LogP contribution is 2.16. The van der Waals surface area contributed by atoms with Crippen LogP contribution in [0.4, 0.5) is 4.39 Å². The third kappa shape index (κ3) is 2.66. The molecular formula is C14H9BrFN3OS. The number of thiophene rings is 1. The van der Waals surface area contributed by atoms with Gasteiger partial charge in [0.25, 0.3) is 5.56 Å². The average Bonchev–Trinajstić information content (AvgIpc) is 2.89. The van der Waals surface area contributed by atoms with Crippen LogP contribution in [-0.2, 0) is 0 Å². The molecule has 0 amide bonds. The van der Waals surface area contributed by atoms with Gasteiger partial charge >= 0.3 is 0 Å². The van der Waals surface area contributed by atoms with Crippen molar-refractivity contribution in [2.75, 3.05) is 0 Å². The summed E-state index contributed by atoms with van der Waals surface area (Å²) in [6, 6.07) is 6.35. The van der Waals surface area contributed by atoms with E-state index < -0.39 is 5.82 Å². The highest BCUT2D eigenvalue weighted by molar-refractivity contribution is 9.10. The summed E-state index contributed by atoms with van der Waals surface area (Å²) in [5.74, 6) is 0.0483. The Bertz CT molecular complexity index is 916. The normalized spacial score (nSPS) is 11.6. The zero-order chi connectivity index (χ0) is 15.0. The Labute approximate surface area is 131 Å². The van der Waals surface area contributed by atoms with E-state index in [0.29, 0.717) is 26.1 Å². The van der Waals surface area contributed by atoms with E-state index in [-0.39, 0.29) is 5.56 Å². The maximum absolute atomic E-state index is 13.7. The van der Waals surface area contributed by atoms with Gasteiger partial charge in [-0.3, -0.25) is 4.79 Å². The summed E-state index contributed by atoms with van der Waals surface area (Å²) in [7, 11) is 0. The van der Waals surface area contributed by atoms with Gasteiger partial charge in [-0.25, -0.2) is 9.37 Å². The molecule has 0 bridgehead atoms. The quantitative estimate of drug-likeness (QED) is 0.652. The summed E-state index contributed by atoms with van der Waals surface area (Å²) in [4.78, 5) is 17.3. The number of aromatic nitrogens is 2. The maximum atomic E-state index is 13.7. The van der Waals surface area contributed by atoms with E-state index in [1.165, 1.54) is 28.3 Å². The number of fused-ring (bicyclic) bond motifs is 1. The molecule has 0 atom stereocenters. The molecule has 7 heteroatoms. The van der Waals surface area contributed by atoms with E-state index in [0.717, 1.165) is 0 Å². The molecule has 0 radical (unpaired) electrons. The van der Waals surface area contributed by atoms with Crippen LogP contribution in [0.3, 0.4) is 0 Å². The van der Waals surface area contributed by atoms with Crippen molar-refractivity contribution in [3.8, 4) is 0 Å². The van der Waals surface area contributed by atoms with Gasteiger partial charge in [-0.2, -0.15) is 9.78 Å². The average molecular weight is 366 g/mol. The highest BCUT2D eigenvalue weighted by Gasteiger charge is 2.08. The van der Waals surface area contributed by atoms with Crippen molar-refractivity contribution in [1.82, 2.24) is 9.66 Å². The molecule has 0 saturated heterocycles. The standard InChI is InChI=1S/C14H9BrFN3OS/c1-8-18-13-11(4-5-21-13)14(20)19(8)17-7-9-2-3-10(15)6-12(9)16/h2-7H,1H3/b17-7-. The van der Waals surface area contributed by atoms with Gasteiger partial charge in [0, 0.05) is 10.0 Å². The van der Waals surface area contributed by atoms with E-state index in [4.69, 9.17) is 0 Å². The van der Waals surface area contributed by atoms with E-state index in [9.17, 15) is 9.18 Å². The van der Waals surface area contributed by atoms with E-state index in [1.807, 2.05) is 0 Å². The fourth-order valence-electron chi connectivity index (χ4n) is 1.87. The zero-order valence-electron chi connectivity index (χ0n) is 10.9. The minimum Gasteiger partial charge on any atom is -0.267 e. The fourth-order valence-corrected chi connectivity index (χ4v) is 3.00. The number of rotatable bonds is 2. The first kappa shape index (κ1) is 14.1. The molecule has 0 aliphatic heterocycles. The maximum Gasteiger partial charge on any atom is 0.282 e. The predicted molar refractivity (Wildman–Crippen MR) is 85.7 cm³/mol. The summed E-state index contributed by atoms with van der Waals surface area (Å²) in [5, 5.41) is 6.38. The predicted octanol–water partition coefficient (Wildman–Crippen LogP) is 3.55. The Morgan fingerprint density at radius 1 is 1.43 bits per heavy atom. The molecule has 2 aromatic heterocycles. The van der Waals surface area contributed by atoms with Crippen LogP contribution >= 0.6 is 27.3 Å². The number of hydrogen-bond acceptors (Lipinski definition) is 4. The number of benzene rings is 1. The Morgan fingerprint density at radius 3 is 3.00 bits per heavy atom. The van der Waals surface area contributed by atoms with Gasteiger partial charge in [-0.1, -0.05) is 15.9 Å². The van der Waals surface area contributed by atoms with Gasteiger partial charge in [0.2, 0.25) is 0 Å². The first-order valence-electron chi connectivity index (χ1n) is 6.02. The topological polar surface area (TPSA) is 47.2 Å². The van der Waals surface area contributed by atoms with Gasteiger partial charge in [0.1, 0.15) is 16.5 Å². The third-order valence-corrected chi connectivity index (χ3v) is 4.21. The lowest BCUT2D eigenvalue weighted by molar-refractivity contribution is 0.624. The first-order chi connectivity index (χ1) is 10.1. The first-order valence-corrected chi connectivity index (χ1v) is 7.70. The Balaban J connectivity index is 2.09. The van der Waals surface area contributed by atoms with Crippen molar-refractivity contribution in [2.45, 2.75) is 6.92 Å². The molecule has 3 rings (SSSR count). The van der Waals surface area contributed by atoms with Crippen molar-refractivity contribution in [1.29, 1.82) is 0 Å². The molecule has 2 heterocycles. The second-order valence-corrected chi connectivity index (χ2v) is 6.14. The molecule has 4 nitrogen and oxygen atoms in total. The molecule has 0 unspecified atom stereocenters. The number of halogens is 2. The molecule has 3 aromatic rings. The Kier molecular flexibility index (Phi) is 3.69. The molecule has 106 valence electrons. The minimum atomic E-state index is -0.414. The lowest BCUT2D eigenvalue weighted by Gasteiger charge is -2.03. The van der Waals surface area contributed by atoms with E-state index >= 15 is 0 Å². The second kappa shape index (κ2) is 5.50. The molecule has 0 aliphatic carbocycles. The van der Waals surface area contributed by atoms with Crippen LogP contribution in [0.5, 0.6) is 0 Å². The van der Waals surface area contributed by atoms with Crippen LogP contribution in [0.1, 0.15) is 11.4 Å². The Hall–Kier alpha value is -1.86. The number of hydrogen-bond donors (Lipinski definition) is 0. The largest absolute Gasteiger partial charge is 0.282 e. The van der Waals surface area contributed by atoms with Gasteiger partial charge in [-0.15, -0.1) is 11.3 Å². The molecule has 0 N–H and O–H groups in total. The monoisotopic (exact) mass is 365 g/mol. The number of aryl methyl sites for hydroxylation is 1. The summed E-state index contributed by atoms with van der Waals surface area (Å²) in [6.45, 7) is 1.69. The molecule has 0 aliphatic rings. The fraction of sp³-hybridized carbons (Fsp3) is 0.0714. The summed E-state index contributed by atoms with van der Waals surface area (Å²) in [6.07, 6.45) is 1.32. The SMILES string of the molecule is Cc1nc2sccc2c(=O)n1/N=C\c1ccc(Br)cc1F. The van der Waals surface area contributed by atoms with Crippen LogP contribution < -0.4 is 5.56 Å². The van der Waals surface area contributed by atoms with E-state index in [1.54, 1.807) is 30.5 Å². The van der Waals surface area contributed by atoms with Crippen LogP contribution in [0.25, 0.3) is 10.2 Å². The Morgan fingerprint density at radius 2 is 2.24 bits per heavy atom. The molecule has 0 spiro atoms. The molecule has 0 saturated carbocycles. The van der Waals surface area contributed by atoms with Gasteiger partial charge in [0.05, 0.1) is 11.6 Å². The lowest BCUT2D eigenvalue weighted by atomic mass is 10.2. The van der Waals surface area contributed by atoms with Crippen molar-refractivity contribution in [3.63, 3.8) is 0 Å². The van der Waals surface area contributed by atoms with Crippen LogP contribution in [0, 0.1) is 12.7 Å². The number of nitrogens with zero attached hydrogens (tertiary/aromatic N) is 3. The summed E-state index contributed by atoms with van der Waals surface area (Å²) >= 11 is 4.59. The van der Waals surface area contributed by atoms with Gasteiger partial charge in [0.15, 0.2) is 0 Å². The summed E-state index contributed by atoms with van der Waals surface area (Å²) < 4.78 is 15.6. The smallest absolute Gasteiger partial charge is 0.267 e. The van der Waals surface area contributed by atoms with Crippen molar-refractivity contribution >= 4 is 43.7 Å². The lowest BCUT2D eigenvalue weighted by Crippen LogP contribution is -2.19. The summed E-state index contributed by atoms with van der Waals surface area (Å²) in [5.41, 5.74) is 0.0439. The molecule has 0 fully saturated rings. The van der Waals surface area contributed by atoms with Crippen LogP contribution in [0.2, 0.25) is 0 Å². The van der Waals surface area contributed by atoms with Crippen molar-refractivity contribution in [2.24, 2.45) is 5.10 Å². The van der Waals surface area contributed by atoms with Crippen LogP contribution in [0.15, 0.2) is 44.0 Å².